The van der Waals surface area contributed by atoms with Crippen LogP contribution in [0.3, 0.4) is 0 Å². The molecule has 0 bridgehead atoms. The summed E-state index contributed by atoms with van der Waals surface area (Å²) in [5.41, 5.74) is 5.83. The molecule has 3 heteroatoms. The summed E-state index contributed by atoms with van der Waals surface area (Å²) in [7, 11) is 0. The lowest BCUT2D eigenvalue weighted by Gasteiger charge is -2.39. The predicted octanol–water partition coefficient (Wildman–Crippen LogP) is 1.21. The van der Waals surface area contributed by atoms with E-state index in [1.165, 1.54) is 25.7 Å². The Bertz CT molecular complexity index is 158. The Kier molecular flexibility index (Phi) is 6.22. The minimum absolute atomic E-state index is 0.272. The lowest BCUT2D eigenvalue weighted by Crippen LogP contribution is -2.46. The predicted molar refractivity (Wildman–Crippen MR) is 63.8 cm³/mol. The van der Waals surface area contributed by atoms with Gasteiger partial charge in [-0.2, -0.15) is 0 Å². The van der Waals surface area contributed by atoms with E-state index in [0.717, 1.165) is 26.1 Å². The maximum absolute atomic E-state index is 9.08. The van der Waals surface area contributed by atoms with Gasteiger partial charge in [0.25, 0.3) is 0 Å². The van der Waals surface area contributed by atoms with Crippen LogP contribution in [0.2, 0.25) is 0 Å². The summed E-state index contributed by atoms with van der Waals surface area (Å²) in [6.07, 6.45) is 6.35. The van der Waals surface area contributed by atoms with Crippen molar-refractivity contribution in [1.29, 1.82) is 0 Å². The highest BCUT2D eigenvalue weighted by Crippen LogP contribution is 2.27. The lowest BCUT2D eigenvalue weighted by molar-refractivity contribution is 0.0865. The molecule has 0 spiro atoms. The van der Waals surface area contributed by atoms with Gasteiger partial charge in [0.2, 0.25) is 0 Å². The zero-order valence-corrected chi connectivity index (χ0v) is 9.99. The van der Waals surface area contributed by atoms with Crippen LogP contribution in [0.4, 0.5) is 0 Å². The Morgan fingerprint density at radius 1 is 1.27 bits per heavy atom. The van der Waals surface area contributed by atoms with Crippen LogP contribution in [0.5, 0.6) is 0 Å². The van der Waals surface area contributed by atoms with Crippen LogP contribution in [-0.2, 0) is 0 Å². The fraction of sp³-hybridized carbons (Fsp3) is 1.00. The van der Waals surface area contributed by atoms with Gasteiger partial charge in [-0.1, -0.05) is 19.8 Å². The van der Waals surface area contributed by atoms with Gasteiger partial charge in [0.1, 0.15) is 0 Å². The van der Waals surface area contributed by atoms with Crippen molar-refractivity contribution in [1.82, 2.24) is 4.90 Å². The van der Waals surface area contributed by atoms with Gasteiger partial charge in [0, 0.05) is 12.6 Å². The molecule has 1 saturated carbocycles. The summed E-state index contributed by atoms with van der Waals surface area (Å²) in [4.78, 5) is 2.44. The minimum atomic E-state index is 0.272. The summed E-state index contributed by atoms with van der Waals surface area (Å²) in [5, 5.41) is 9.08. The first-order valence-corrected chi connectivity index (χ1v) is 6.38. The van der Waals surface area contributed by atoms with E-state index in [9.17, 15) is 0 Å². The van der Waals surface area contributed by atoms with Gasteiger partial charge in [-0.15, -0.1) is 0 Å². The summed E-state index contributed by atoms with van der Waals surface area (Å²) in [5.74, 6) is 0.650. The van der Waals surface area contributed by atoms with E-state index in [-0.39, 0.29) is 6.61 Å². The van der Waals surface area contributed by atoms with Crippen molar-refractivity contribution >= 4 is 0 Å². The fourth-order valence-electron chi connectivity index (χ4n) is 2.80. The largest absolute Gasteiger partial charge is 0.395 e. The quantitative estimate of drug-likeness (QED) is 0.698. The molecule has 0 amide bonds. The molecule has 15 heavy (non-hydrogen) atoms. The molecule has 0 aliphatic heterocycles. The summed E-state index contributed by atoms with van der Waals surface area (Å²) < 4.78 is 0. The van der Waals surface area contributed by atoms with Crippen molar-refractivity contribution in [2.24, 2.45) is 11.7 Å². The van der Waals surface area contributed by atoms with Crippen molar-refractivity contribution in [3.63, 3.8) is 0 Å². The third-order valence-corrected chi connectivity index (χ3v) is 3.54. The lowest BCUT2D eigenvalue weighted by atomic mass is 9.83. The SMILES string of the molecule is CCCN(CCO)C1CCCCC1CN. The van der Waals surface area contributed by atoms with Gasteiger partial charge >= 0.3 is 0 Å². The van der Waals surface area contributed by atoms with Gasteiger partial charge in [-0.05, 0) is 38.3 Å². The highest BCUT2D eigenvalue weighted by Gasteiger charge is 2.28. The van der Waals surface area contributed by atoms with Gasteiger partial charge < -0.3 is 10.8 Å². The minimum Gasteiger partial charge on any atom is -0.395 e. The number of nitrogens with zero attached hydrogens (tertiary/aromatic N) is 1. The second kappa shape index (κ2) is 7.20. The molecule has 0 aromatic heterocycles. The highest BCUT2D eigenvalue weighted by atomic mass is 16.3. The molecule has 1 aliphatic rings. The van der Waals surface area contributed by atoms with Crippen LogP contribution in [0.1, 0.15) is 39.0 Å². The average molecular weight is 214 g/mol. The molecule has 0 heterocycles. The molecule has 1 aliphatic carbocycles. The van der Waals surface area contributed by atoms with Gasteiger partial charge in [-0.3, -0.25) is 4.90 Å². The van der Waals surface area contributed by atoms with Crippen LogP contribution in [0.25, 0.3) is 0 Å². The molecule has 0 saturated heterocycles. The molecule has 0 aromatic rings. The third-order valence-electron chi connectivity index (χ3n) is 3.54. The molecule has 1 fully saturated rings. The standard InChI is InChI=1S/C12H26N2O/c1-2-7-14(8-9-15)12-6-4-3-5-11(12)10-13/h11-12,15H,2-10,13H2,1H3. The molecule has 3 nitrogen and oxygen atoms in total. The van der Waals surface area contributed by atoms with E-state index in [1.54, 1.807) is 0 Å². The Morgan fingerprint density at radius 3 is 2.60 bits per heavy atom. The van der Waals surface area contributed by atoms with E-state index < -0.39 is 0 Å². The van der Waals surface area contributed by atoms with Gasteiger partial charge in [0.15, 0.2) is 0 Å². The molecule has 3 N–H and O–H groups in total. The van der Waals surface area contributed by atoms with Crippen LogP contribution < -0.4 is 5.73 Å². The molecule has 2 atom stereocenters. The average Bonchev–Trinajstić information content (AvgIpc) is 2.29. The number of aliphatic hydroxyl groups is 1. The van der Waals surface area contributed by atoms with Gasteiger partial charge in [-0.25, -0.2) is 0 Å². The van der Waals surface area contributed by atoms with E-state index in [2.05, 4.69) is 11.8 Å². The van der Waals surface area contributed by atoms with E-state index >= 15 is 0 Å². The fourth-order valence-corrected chi connectivity index (χ4v) is 2.80. The summed E-state index contributed by atoms with van der Waals surface area (Å²) >= 11 is 0. The molecular formula is C12H26N2O. The normalized spacial score (nSPS) is 27.2. The molecule has 90 valence electrons. The monoisotopic (exact) mass is 214 g/mol. The van der Waals surface area contributed by atoms with Gasteiger partial charge in [0.05, 0.1) is 6.61 Å². The van der Waals surface area contributed by atoms with E-state index in [4.69, 9.17) is 10.8 Å². The number of hydrogen-bond donors (Lipinski definition) is 2. The first kappa shape index (κ1) is 12.9. The van der Waals surface area contributed by atoms with E-state index in [1.807, 2.05) is 0 Å². The zero-order chi connectivity index (χ0) is 11.1. The van der Waals surface area contributed by atoms with Crippen LogP contribution in [0.15, 0.2) is 0 Å². The van der Waals surface area contributed by atoms with Crippen LogP contribution in [0, 0.1) is 5.92 Å². The molecule has 0 radical (unpaired) electrons. The number of aliphatic hydroxyl groups excluding tert-OH is 1. The number of nitrogens with two attached hydrogens (primary N) is 1. The van der Waals surface area contributed by atoms with Crippen LogP contribution in [-0.4, -0.2) is 42.3 Å². The molecule has 2 unspecified atom stereocenters. The zero-order valence-electron chi connectivity index (χ0n) is 9.99. The molecule has 0 aromatic carbocycles. The maximum atomic E-state index is 9.08. The van der Waals surface area contributed by atoms with E-state index in [0.29, 0.717) is 12.0 Å². The van der Waals surface area contributed by atoms with Crippen molar-refractivity contribution in [3.05, 3.63) is 0 Å². The van der Waals surface area contributed by atoms with Crippen molar-refractivity contribution in [2.75, 3.05) is 26.2 Å². The van der Waals surface area contributed by atoms with Crippen molar-refractivity contribution in [3.8, 4) is 0 Å². The second-order valence-electron chi connectivity index (χ2n) is 4.61. The molecule has 1 rings (SSSR count). The Hall–Kier alpha value is -0.120. The third kappa shape index (κ3) is 3.74. The van der Waals surface area contributed by atoms with Crippen LogP contribution >= 0.6 is 0 Å². The maximum Gasteiger partial charge on any atom is 0.0558 e. The number of rotatable bonds is 6. The van der Waals surface area contributed by atoms with Crippen molar-refractivity contribution < 1.29 is 5.11 Å². The Morgan fingerprint density at radius 2 is 2.00 bits per heavy atom. The summed E-state index contributed by atoms with van der Waals surface area (Å²) in [6.45, 7) is 5.19. The van der Waals surface area contributed by atoms with Crippen molar-refractivity contribution in [2.45, 2.75) is 45.1 Å². The smallest absolute Gasteiger partial charge is 0.0558 e. The Balaban J connectivity index is 2.53. The summed E-state index contributed by atoms with van der Waals surface area (Å²) in [6, 6.07) is 0.621. The first-order chi connectivity index (χ1) is 7.33. The highest BCUT2D eigenvalue weighted by molar-refractivity contribution is 4.83. The Labute approximate surface area is 93.6 Å². The molecular weight excluding hydrogens is 188 g/mol. The topological polar surface area (TPSA) is 49.5 Å². The second-order valence-corrected chi connectivity index (χ2v) is 4.61. The first-order valence-electron chi connectivity index (χ1n) is 6.38. The number of hydrogen-bond acceptors (Lipinski definition) is 3.